The van der Waals surface area contributed by atoms with E-state index in [9.17, 15) is 10.1 Å². The fourth-order valence-corrected chi connectivity index (χ4v) is 7.48. The summed E-state index contributed by atoms with van der Waals surface area (Å²) in [5, 5.41) is 24.2. The molecule has 0 bridgehead atoms. The topological polar surface area (TPSA) is 43.1 Å². The summed E-state index contributed by atoms with van der Waals surface area (Å²) in [7, 11) is 0. The van der Waals surface area contributed by atoms with Gasteiger partial charge in [-0.2, -0.15) is 0 Å². The van der Waals surface area contributed by atoms with Gasteiger partial charge in [0.1, 0.15) is 0 Å². The number of rotatable bonds is 2. The molecule has 3 nitrogen and oxygen atoms in total. The van der Waals surface area contributed by atoms with Crippen molar-refractivity contribution in [1.82, 2.24) is 0 Å². The highest BCUT2D eigenvalue weighted by Gasteiger charge is 2.20. The van der Waals surface area contributed by atoms with Gasteiger partial charge in [0.05, 0.1) is 10.5 Å². The van der Waals surface area contributed by atoms with Gasteiger partial charge in [0.2, 0.25) is 0 Å². The van der Waals surface area contributed by atoms with Gasteiger partial charge in [-0.1, -0.05) is 97.1 Å². The summed E-state index contributed by atoms with van der Waals surface area (Å²) in [6, 6.07) is 39.4. The molecule has 0 saturated carbocycles. The lowest BCUT2D eigenvalue weighted by molar-refractivity contribution is -0.384. The van der Waals surface area contributed by atoms with E-state index in [4.69, 9.17) is 0 Å². The summed E-state index contributed by atoms with van der Waals surface area (Å²) in [4.78, 5) is 11.4. The van der Waals surface area contributed by atoms with Crippen molar-refractivity contribution in [2.45, 2.75) is 0 Å². The molecule has 0 unspecified atom stereocenters. The van der Waals surface area contributed by atoms with Crippen molar-refractivity contribution in [3.8, 4) is 11.1 Å². The summed E-state index contributed by atoms with van der Waals surface area (Å²) < 4.78 is 2.39. The molecule has 178 valence electrons. The van der Waals surface area contributed by atoms with Crippen molar-refractivity contribution in [1.29, 1.82) is 0 Å². The molecule has 0 N–H and O–H groups in total. The van der Waals surface area contributed by atoms with Crippen LogP contribution >= 0.6 is 11.3 Å². The van der Waals surface area contributed by atoms with E-state index >= 15 is 0 Å². The third-order valence-corrected chi connectivity index (χ3v) is 8.90. The van der Waals surface area contributed by atoms with Gasteiger partial charge < -0.3 is 0 Å². The van der Waals surface area contributed by atoms with Crippen LogP contribution in [0.2, 0.25) is 0 Å². The minimum atomic E-state index is -0.303. The first-order valence-electron chi connectivity index (χ1n) is 12.5. The molecule has 0 saturated heterocycles. The lowest BCUT2D eigenvalue weighted by Crippen LogP contribution is -1.91. The molecule has 0 spiro atoms. The van der Waals surface area contributed by atoms with Crippen LogP contribution < -0.4 is 0 Å². The van der Waals surface area contributed by atoms with Crippen LogP contribution in [0.3, 0.4) is 0 Å². The van der Waals surface area contributed by atoms with Gasteiger partial charge >= 0.3 is 0 Å². The molecule has 1 heterocycles. The Kier molecular flexibility index (Phi) is 4.40. The van der Waals surface area contributed by atoms with Crippen molar-refractivity contribution in [3.63, 3.8) is 0 Å². The Bertz CT molecular complexity index is 2280. The fraction of sp³-hybridized carbons (Fsp3) is 0. The maximum atomic E-state index is 11.7. The molecule has 0 fully saturated rings. The van der Waals surface area contributed by atoms with E-state index < -0.39 is 0 Å². The standard InChI is InChI=1S/C34H19NO2S/c36-35(37)29-16-8-7-9-21(29)20-17-18-28-30(19-20)38-34-32(28)27-15-6-5-14-26(27)31-24-12-3-1-10-22(24)23-11-2-4-13-25(23)33(31)34/h1-19H. The molecule has 0 aliphatic rings. The van der Waals surface area contributed by atoms with E-state index in [2.05, 4.69) is 84.9 Å². The molecule has 8 rings (SSSR count). The number of hydrogen-bond donors (Lipinski definition) is 0. The molecule has 0 atom stereocenters. The lowest BCUT2D eigenvalue weighted by Gasteiger charge is -2.14. The second kappa shape index (κ2) is 7.85. The lowest BCUT2D eigenvalue weighted by atomic mass is 9.89. The number of nitro benzene ring substituents is 1. The van der Waals surface area contributed by atoms with Crippen molar-refractivity contribution in [2.75, 3.05) is 0 Å². The second-order valence-corrected chi connectivity index (χ2v) is 10.7. The van der Waals surface area contributed by atoms with Crippen LogP contribution in [0.25, 0.3) is 74.4 Å². The van der Waals surface area contributed by atoms with Crippen molar-refractivity contribution in [3.05, 3.63) is 125 Å². The maximum absolute atomic E-state index is 11.7. The van der Waals surface area contributed by atoms with Crippen LogP contribution in [0.15, 0.2) is 115 Å². The number of nitrogens with zero attached hydrogens (tertiary/aromatic N) is 1. The van der Waals surface area contributed by atoms with E-state index in [0.717, 1.165) is 10.3 Å². The summed E-state index contributed by atoms with van der Waals surface area (Å²) in [5.74, 6) is 0. The van der Waals surface area contributed by atoms with Gasteiger partial charge in [-0.05, 0) is 55.4 Å². The van der Waals surface area contributed by atoms with Crippen molar-refractivity contribution >= 4 is 80.3 Å². The van der Waals surface area contributed by atoms with Gasteiger partial charge in [-0.15, -0.1) is 11.3 Å². The normalized spacial score (nSPS) is 11.9. The van der Waals surface area contributed by atoms with Gasteiger partial charge in [0.25, 0.3) is 5.69 Å². The molecule has 0 aliphatic carbocycles. The largest absolute Gasteiger partial charge is 0.277 e. The summed E-state index contributed by atoms with van der Waals surface area (Å²) in [5.41, 5.74) is 1.63. The predicted octanol–water partition coefficient (Wildman–Crippen LogP) is 10.2. The monoisotopic (exact) mass is 505 g/mol. The molecule has 0 aliphatic heterocycles. The number of nitro groups is 1. The number of para-hydroxylation sites is 1. The van der Waals surface area contributed by atoms with E-state index in [1.54, 1.807) is 23.5 Å². The van der Waals surface area contributed by atoms with Gasteiger partial charge in [0, 0.05) is 31.6 Å². The Morgan fingerprint density at radius 2 is 1.05 bits per heavy atom. The quantitative estimate of drug-likeness (QED) is 0.133. The predicted molar refractivity (Wildman–Crippen MR) is 161 cm³/mol. The molecule has 0 amide bonds. The van der Waals surface area contributed by atoms with E-state index in [1.807, 2.05) is 18.2 Å². The average molecular weight is 506 g/mol. The van der Waals surface area contributed by atoms with Gasteiger partial charge in [0.15, 0.2) is 0 Å². The minimum Gasteiger partial charge on any atom is -0.258 e. The number of thiophene rings is 1. The fourth-order valence-electron chi connectivity index (χ4n) is 6.16. The Morgan fingerprint density at radius 3 is 1.71 bits per heavy atom. The first kappa shape index (κ1) is 21.3. The second-order valence-electron chi connectivity index (χ2n) is 9.68. The Balaban J connectivity index is 1.60. The zero-order valence-electron chi connectivity index (χ0n) is 20.1. The third kappa shape index (κ3) is 2.83. The van der Waals surface area contributed by atoms with Crippen molar-refractivity contribution in [2.24, 2.45) is 0 Å². The molecule has 4 heteroatoms. The van der Waals surface area contributed by atoms with Crippen LogP contribution in [0, 0.1) is 10.1 Å². The first-order valence-corrected chi connectivity index (χ1v) is 13.4. The highest BCUT2D eigenvalue weighted by molar-refractivity contribution is 7.27. The number of fused-ring (bicyclic) bond motifs is 13. The Morgan fingerprint density at radius 1 is 0.526 bits per heavy atom. The van der Waals surface area contributed by atoms with Gasteiger partial charge in [-0.3, -0.25) is 10.1 Å². The average Bonchev–Trinajstić information content (AvgIpc) is 3.36. The van der Waals surface area contributed by atoms with Crippen LogP contribution in [-0.4, -0.2) is 4.92 Å². The Hall–Kier alpha value is -4.80. The number of benzene rings is 7. The maximum Gasteiger partial charge on any atom is 0.277 e. The summed E-state index contributed by atoms with van der Waals surface area (Å²) >= 11 is 1.78. The van der Waals surface area contributed by atoms with E-state index in [1.165, 1.54) is 58.6 Å². The zero-order valence-corrected chi connectivity index (χ0v) is 21.0. The van der Waals surface area contributed by atoms with E-state index in [0.29, 0.717) is 5.56 Å². The highest BCUT2D eigenvalue weighted by atomic mass is 32.1. The minimum absolute atomic E-state index is 0.126. The number of hydrogen-bond acceptors (Lipinski definition) is 3. The molecular weight excluding hydrogens is 486 g/mol. The molecular formula is C34H19NO2S. The molecule has 0 radical (unpaired) electrons. The zero-order chi connectivity index (χ0) is 25.4. The molecule has 8 aromatic rings. The molecule has 38 heavy (non-hydrogen) atoms. The summed E-state index contributed by atoms with van der Waals surface area (Å²) in [6.07, 6.45) is 0. The van der Waals surface area contributed by atoms with Crippen LogP contribution in [-0.2, 0) is 0 Å². The SMILES string of the molecule is O=[N+]([O-])c1ccccc1-c1ccc2c(c1)sc1c2c2ccccc2c2c3ccccc3c3ccccc3c12. The van der Waals surface area contributed by atoms with E-state index in [-0.39, 0.29) is 10.6 Å². The van der Waals surface area contributed by atoms with Gasteiger partial charge in [-0.25, -0.2) is 0 Å². The highest BCUT2D eigenvalue weighted by Crippen LogP contribution is 2.49. The molecule has 7 aromatic carbocycles. The van der Waals surface area contributed by atoms with Crippen LogP contribution in [0.4, 0.5) is 5.69 Å². The molecule has 1 aromatic heterocycles. The van der Waals surface area contributed by atoms with Crippen molar-refractivity contribution < 1.29 is 4.92 Å². The summed E-state index contributed by atoms with van der Waals surface area (Å²) in [6.45, 7) is 0. The smallest absolute Gasteiger partial charge is 0.258 e. The Labute approximate surface area is 221 Å². The first-order chi connectivity index (χ1) is 18.7. The third-order valence-electron chi connectivity index (χ3n) is 7.73. The van der Waals surface area contributed by atoms with Crippen LogP contribution in [0.5, 0.6) is 0 Å². The van der Waals surface area contributed by atoms with Crippen LogP contribution in [0.1, 0.15) is 0 Å².